The Bertz CT molecular complexity index is 751. The van der Waals surface area contributed by atoms with Gasteiger partial charge in [0, 0.05) is 25.7 Å². The van der Waals surface area contributed by atoms with Crippen LogP contribution in [-0.2, 0) is 19.1 Å². The minimum absolute atomic E-state index is 0.205. The van der Waals surface area contributed by atoms with E-state index in [0.29, 0.717) is 17.6 Å². The van der Waals surface area contributed by atoms with Crippen LogP contribution in [0.25, 0.3) is 0 Å². The molecule has 0 aromatic rings. The fourth-order valence-electron chi connectivity index (χ4n) is 5.07. The van der Waals surface area contributed by atoms with Crippen molar-refractivity contribution >= 4 is 11.9 Å². The molecule has 0 amide bonds. The lowest BCUT2D eigenvalue weighted by atomic mass is 9.75. The summed E-state index contributed by atoms with van der Waals surface area (Å²) in [6.07, 6.45) is -2.03. The molecule has 2 saturated carbocycles. The molecule has 174 valence electrons. The van der Waals surface area contributed by atoms with E-state index in [0.717, 1.165) is 5.57 Å². The number of hydrogen-bond acceptors (Lipinski definition) is 7. The Morgan fingerprint density at radius 3 is 2.03 bits per heavy atom. The van der Waals surface area contributed by atoms with Gasteiger partial charge in [0.25, 0.3) is 0 Å². The molecule has 0 radical (unpaired) electrons. The van der Waals surface area contributed by atoms with E-state index in [2.05, 4.69) is 13.2 Å². The molecule has 3 N–H and O–H groups in total. The predicted octanol–water partition coefficient (Wildman–Crippen LogP) is 2.30. The maximum Gasteiger partial charge on any atom is 0.303 e. The largest absolute Gasteiger partial charge is 0.458 e. The summed E-state index contributed by atoms with van der Waals surface area (Å²) in [6, 6.07) is 0. The van der Waals surface area contributed by atoms with Crippen molar-refractivity contribution in [3.05, 3.63) is 36.0 Å². The van der Waals surface area contributed by atoms with Crippen molar-refractivity contribution in [3.8, 4) is 0 Å². The normalized spacial score (nSPS) is 33.5. The molecule has 0 heterocycles. The monoisotopic (exact) mass is 436 g/mol. The number of allylic oxidation sites excluding steroid dienone is 1. The molecular formula is C24H36O7. The first-order chi connectivity index (χ1) is 14.3. The van der Waals surface area contributed by atoms with Gasteiger partial charge in [0.1, 0.15) is 6.10 Å². The maximum absolute atomic E-state index is 11.9. The number of carbonyl (C=O) groups is 2. The lowest BCUT2D eigenvalue weighted by Crippen LogP contribution is -2.45. The molecule has 7 heteroatoms. The van der Waals surface area contributed by atoms with Crippen molar-refractivity contribution in [2.45, 2.75) is 78.0 Å². The molecule has 0 aliphatic heterocycles. The van der Waals surface area contributed by atoms with Crippen LogP contribution in [0.15, 0.2) is 36.0 Å². The summed E-state index contributed by atoms with van der Waals surface area (Å²) >= 11 is 0. The first-order valence-corrected chi connectivity index (χ1v) is 10.8. The smallest absolute Gasteiger partial charge is 0.303 e. The Hall–Kier alpha value is -1.96. The SMILES string of the molecule is C=C1[C@H]2[C@H](O)[C@H]([C@@H](C)[C@H](OC(C)=O)[C@H](C=C(C)C)OC(C)=O)C[C@@H](O)C(=C)[C@@H]2C[C@@H]1O. The molecule has 7 nitrogen and oxygen atoms in total. The van der Waals surface area contributed by atoms with Crippen molar-refractivity contribution in [3.63, 3.8) is 0 Å². The van der Waals surface area contributed by atoms with E-state index in [9.17, 15) is 24.9 Å². The van der Waals surface area contributed by atoms with Crippen LogP contribution in [0.4, 0.5) is 0 Å². The zero-order valence-corrected chi connectivity index (χ0v) is 19.1. The van der Waals surface area contributed by atoms with Crippen molar-refractivity contribution < 1.29 is 34.4 Å². The number of rotatable bonds is 6. The fourth-order valence-corrected chi connectivity index (χ4v) is 5.07. The quantitative estimate of drug-likeness (QED) is 0.432. The third-order valence-corrected chi connectivity index (χ3v) is 6.59. The first kappa shape index (κ1) is 25.3. The highest BCUT2D eigenvalue weighted by Crippen LogP contribution is 2.49. The minimum atomic E-state index is -0.943. The molecule has 0 spiro atoms. The average molecular weight is 437 g/mol. The summed E-state index contributed by atoms with van der Waals surface area (Å²) in [7, 11) is 0. The molecule has 2 aliphatic rings. The molecule has 9 atom stereocenters. The topological polar surface area (TPSA) is 113 Å². The Kier molecular flexibility index (Phi) is 8.25. The molecule has 0 bridgehead atoms. The van der Waals surface area contributed by atoms with Crippen LogP contribution in [0.3, 0.4) is 0 Å². The van der Waals surface area contributed by atoms with Gasteiger partial charge in [-0.25, -0.2) is 0 Å². The molecule has 0 saturated heterocycles. The number of aliphatic hydroxyl groups is 3. The number of esters is 2. The summed E-state index contributed by atoms with van der Waals surface area (Å²) in [5, 5.41) is 32.4. The zero-order valence-electron chi connectivity index (χ0n) is 19.1. The average Bonchev–Trinajstić information content (AvgIpc) is 2.91. The van der Waals surface area contributed by atoms with Crippen molar-refractivity contribution in [2.24, 2.45) is 23.7 Å². The van der Waals surface area contributed by atoms with Crippen LogP contribution in [0.1, 0.15) is 47.5 Å². The summed E-state index contributed by atoms with van der Waals surface area (Å²) < 4.78 is 11.1. The molecule has 2 aliphatic carbocycles. The molecule has 31 heavy (non-hydrogen) atoms. The van der Waals surface area contributed by atoms with E-state index in [4.69, 9.17) is 9.47 Å². The van der Waals surface area contributed by atoms with Crippen LogP contribution in [0.5, 0.6) is 0 Å². The van der Waals surface area contributed by atoms with Crippen LogP contribution < -0.4 is 0 Å². The fraction of sp³-hybridized carbons (Fsp3) is 0.667. The van der Waals surface area contributed by atoms with Crippen molar-refractivity contribution in [1.29, 1.82) is 0 Å². The number of ether oxygens (including phenoxy) is 2. The number of aliphatic hydroxyl groups excluding tert-OH is 3. The highest BCUT2D eigenvalue weighted by molar-refractivity contribution is 5.67. The summed E-state index contributed by atoms with van der Waals surface area (Å²) in [5.74, 6) is -2.79. The molecule has 2 rings (SSSR count). The van der Waals surface area contributed by atoms with Gasteiger partial charge in [0.05, 0.1) is 18.3 Å². The third kappa shape index (κ3) is 5.64. The predicted molar refractivity (Wildman–Crippen MR) is 116 cm³/mol. The van der Waals surface area contributed by atoms with Crippen LogP contribution in [-0.4, -0.2) is 57.8 Å². The highest BCUT2D eigenvalue weighted by atomic mass is 16.6. The van der Waals surface area contributed by atoms with E-state index >= 15 is 0 Å². The number of fused-ring (bicyclic) bond motifs is 1. The van der Waals surface area contributed by atoms with Crippen molar-refractivity contribution in [2.75, 3.05) is 0 Å². The lowest BCUT2D eigenvalue weighted by Gasteiger charge is -2.38. The summed E-state index contributed by atoms with van der Waals surface area (Å²) in [4.78, 5) is 23.6. The third-order valence-electron chi connectivity index (χ3n) is 6.59. The maximum atomic E-state index is 11.9. The summed E-state index contributed by atoms with van der Waals surface area (Å²) in [5.41, 5.74) is 1.97. The van der Waals surface area contributed by atoms with E-state index in [1.165, 1.54) is 13.8 Å². The lowest BCUT2D eigenvalue weighted by molar-refractivity contribution is -0.169. The minimum Gasteiger partial charge on any atom is -0.458 e. The van der Waals surface area contributed by atoms with Gasteiger partial charge >= 0.3 is 11.9 Å². The Morgan fingerprint density at radius 1 is 0.968 bits per heavy atom. The van der Waals surface area contributed by atoms with Crippen molar-refractivity contribution in [1.82, 2.24) is 0 Å². The number of carbonyl (C=O) groups excluding carboxylic acids is 2. The Morgan fingerprint density at radius 2 is 1.52 bits per heavy atom. The van der Waals surface area contributed by atoms with E-state index in [1.54, 1.807) is 13.0 Å². The van der Waals surface area contributed by atoms with E-state index in [-0.39, 0.29) is 12.3 Å². The molecular weight excluding hydrogens is 400 g/mol. The van der Waals surface area contributed by atoms with Crippen LogP contribution in [0.2, 0.25) is 0 Å². The van der Waals surface area contributed by atoms with Crippen LogP contribution in [0, 0.1) is 23.7 Å². The summed E-state index contributed by atoms with van der Waals surface area (Å²) in [6.45, 7) is 16.0. The molecule has 0 aromatic heterocycles. The van der Waals surface area contributed by atoms with E-state index < -0.39 is 60.2 Å². The molecule has 0 unspecified atom stereocenters. The Labute approximate surface area is 184 Å². The highest BCUT2D eigenvalue weighted by Gasteiger charge is 2.51. The second-order valence-electron chi connectivity index (χ2n) is 9.19. The second-order valence-corrected chi connectivity index (χ2v) is 9.19. The molecule has 0 aromatic carbocycles. The molecule has 2 fully saturated rings. The Balaban J connectivity index is 2.46. The second kappa shape index (κ2) is 10.1. The van der Waals surface area contributed by atoms with Gasteiger partial charge in [-0.15, -0.1) is 0 Å². The standard InChI is InChI=1S/C24H36O7/c1-11(2)8-21(30-15(6)25)24(31-16(7)26)13(4)18-10-19(27)12(3)17-9-20(28)14(5)22(17)23(18)29/h8,13,17-24,27-29H,3,5,9-10H2,1-2,4,6-7H3/t13-,17+,18+,19-,20+,21+,22-,23-,24+/m1/s1. The van der Waals surface area contributed by atoms with Gasteiger partial charge in [0.15, 0.2) is 6.10 Å². The zero-order chi connectivity index (χ0) is 23.6. The first-order valence-electron chi connectivity index (χ1n) is 10.8. The van der Waals surface area contributed by atoms with Gasteiger partial charge in [-0.2, -0.15) is 0 Å². The van der Waals surface area contributed by atoms with E-state index in [1.807, 2.05) is 13.8 Å². The van der Waals surface area contributed by atoms with Crippen LogP contribution >= 0.6 is 0 Å². The van der Waals surface area contributed by atoms with Gasteiger partial charge in [-0.3, -0.25) is 9.59 Å². The number of hydrogen-bond donors (Lipinski definition) is 3. The van der Waals surface area contributed by atoms with Gasteiger partial charge in [0.2, 0.25) is 0 Å². The van der Waals surface area contributed by atoms with Gasteiger partial charge in [-0.1, -0.05) is 25.7 Å². The van der Waals surface area contributed by atoms with Gasteiger partial charge in [-0.05, 0) is 55.7 Å². The van der Waals surface area contributed by atoms with Gasteiger partial charge < -0.3 is 24.8 Å².